The predicted molar refractivity (Wildman–Crippen MR) is 89.9 cm³/mol. The first kappa shape index (κ1) is 14.3. The maximum Gasteiger partial charge on any atom is 0.183 e. The number of aromatic nitrogens is 3. The zero-order chi connectivity index (χ0) is 14.8. The van der Waals surface area contributed by atoms with E-state index in [1.807, 2.05) is 10.6 Å². The van der Waals surface area contributed by atoms with Crippen LogP contribution in [0.2, 0.25) is 5.02 Å². The van der Waals surface area contributed by atoms with Gasteiger partial charge in [-0.1, -0.05) is 37.1 Å². The molecule has 0 amide bonds. The Morgan fingerprint density at radius 2 is 2.05 bits per heavy atom. The molecule has 3 nitrogen and oxygen atoms in total. The molecule has 0 spiro atoms. The van der Waals surface area contributed by atoms with E-state index in [1.54, 1.807) is 6.20 Å². The third-order valence-electron chi connectivity index (χ3n) is 3.50. The molecule has 0 saturated carbocycles. The number of fused-ring (bicyclic) bond motifs is 1. The molecular weight excluding hydrogens is 302 g/mol. The van der Waals surface area contributed by atoms with E-state index in [9.17, 15) is 0 Å². The molecule has 3 rings (SSSR count). The van der Waals surface area contributed by atoms with Crippen molar-refractivity contribution in [2.24, 2.45) is 0 Å². The van der Waals surface area contributed by atoms with Crippen LogP contribution in [0.1, 0.15) is 25.3 Å². The summed E-state index contributed by atoms with van der Waals surface area (Å²) in [5, 5.41) is 0.598. The highest BCUT2D eigenvalue weighted by Gasteiger charge is 2.08. The minimum Gasteiger partial charge on any atom is -0.329 e. The predicted octanol–water partition coefficient (Wildman–Crippen LogP) is 5.08. The fourth-order valence-electron chi connectivity index (χ4n) is 2.40. The van der Waals surface area contributed by atoms with Gasteiger partial charge in [0.25, 0.3) is 0 Å². The van der Waals surface area contributed by atoms with E-state index < -0.39 is 0 Å². The minimum absolute atomic E-state index is 0.598. The van der Waals surface area contributed by atoms with Crippen LogP contribution in [0.4, 0.5) is 0 Å². The van der Waals surface area contributed by atoms with Crippen molar-refractivity contribution in [2.75, 3.05) is 0 Å². The van der Waals surface area contributed by atoms with Crippen LogP contribution in [0.5, 0.6) is 0 Å². The Morgan fingerprint density at radius 3 is 2.76 bits per heavy atom. The van der Waals surface area contributed by atoms with E-state index in [2.05, 4.69) is 41.2 Å². The number of halogens is 1. The van der Waals surface area contributed by atoms with Gasteiger partial charge < -0.3 is 4.98 Å². The fourth-order valence-corrected chi connectivity index (χ4v) is 2.86. The highest BCUT2D eigenvalue weighted by Crippen LogP contribution is 2.21. The first-order chi connectivity index (χ1) is 10.2. The van der Waals surface area contributed by atoms with Gasteiger partial charge in [-0.25, -0.2) is 4.98 Å². The second-order valence-corrected chi connectivity index (χ2v) is 5.88. The second kappa shape index (κ2) is 6.00. The molecule has 0 aliphatic carbocycles. The summed E-state index contributed by atoms with van der Waals surface area (Å²) in [6.45, 7) is 2.20. The van der Waals surface area contributed by atoms with Gasteiger partial charge in [0.15, 0.2) is 10.4 Å². The van der Waals surface area contributed by atoms with Crippen LogP contribution in [0.15, 0.2) is 36.5 Å². The molecule has 1 aromatic carbocycles. The standard InChI is InChI=1S/C16H16ClN3S/c1-2-3-4-11-5-7-13(8-6-11)20-15-14(19-16(20)21)9-12(17)10-18-15/h5-10H,2-4H2,1H3,(H,19,21). The van der Waals surface area contributed by atoms with Crippen LogP contribution in [-0.2, 0) is 6.42 Å². The number of benzene rings is 1. The number of aromatic amines is 1. The van der Waals surface area contributed by atoms with E-state index in [0.29, 0.717) is 9.79 Å². The Morgan fingerprint density at radius 1 is 1.29 bits per heavy atom. The molecule has 2 aromatic heterocycles. The number of aryl methyl sites for hydroxylation is 1. The average molecular weight is 318 g/mol. The number of H-pyrrole nitrogens is 1. The lowest BCUT2D eigenvalue weighted by Crippen LogP contribution is -1.96. The quantitative estimate of drug-likeness (QED) is 0.681. The molecule has 3 aromatic rings. The molecule has 0 aliphatic rings. The van der Waals surface area contributed by atoms with Gasteiger partial charge in [-0.2, -0.15) is 0 Å². The second-order valence-electron chi connectivity index (χ2n) is 5.06. The first-order valence-electron chi connectivity index (χ1n) is 7.04. The SMILES string of the molecule is CCCCc1ccc(-n2c(=S)[nH]c3cc(Cl)cnc32)cc1. The summed E-state index contributed by atoms with van der Waals surface area (Å²) >= 11 is 11.4. The summed E-state index contributed by atoms with van der Waals surface area (Å²) in [5.74, 6) is 0. The van der Waals surface area contributed by atoms with Crippen LogP contribution >= 0.6 is 23.8 Å². The number of nitrogens with one attached hydrogen (secondary N) is 1. The summed E-state index contributed by atoms with van der Waals surface area (Å²) in [4.78, 5) is 7.53. The maximum atomic E-state index is 5.97. The Hall–Kier alpha value is -1.65. The van der Waals surface area contributed by atoms with Crippen LogP contribution in [0.25, 0.3) is 16.9 Å². The minimum atomic E-state index is 0.598. The molecule has 2 heterocycles. The Kier molecular flexibility index (Phi) is 4.08. The van der Waals surface area contributed by atoms with E-state index >= 15 is 0 Å². The van der Waals surface area contributed by atoms with Crippen molar-refractivity contribution in [1.82, 2.24) is 14.5 Å². The number of hydrogen-bond donors (Lipinski definition) is 1. The monoisotopic (exact) mass is 317 g/mol. The molecule has 5 heteroatoms. The van der Waals surface area contributed by atoms with Gasteiger partial charge in [0.1, 0.15) is 0 Å². The van der Waals surface area contributed by atoms with Crippen molar-refractivity contribution < 1.29 is 0 Å². The molecule has 108 valence electrons. The summed E-state index contributed by atoms with van der Waals surface area (Å²) in [5.41, 5.74) is 4.01. The molecule has 21 heavy (non-hydrogen) atoms. The Bertz CT molecular complexity index is 818. The van der Waals surface area contributed by atoms with Gasteiger partial charge in [0.2, 0.25) is 0 Å². The van der Waals surface area contributed by atoms with E-state index in [4.69, 9.17) is 23.8 Å². The van der Waals surface area contributed by atoms with Crippen molar-refractivity contribution in [2.45, 2.75) is 26.2 Å². The molecule has 0 bridgehead atoms. The van der Waals surface area contributed by atoms with Crippen molar-refractivity contribution in [3.05, 3.63) is 51.9 Å². The number of rotatable bonds is 4. The molecule has 0 saturated heterocycles. The van der Waals surface area contributed by atoms with Gasteiger partial charge in [0.05, 0.1) is 10.5 Å². The highest BCUT2D eigenvalue weighted by molar-refractivity contribution is 7.71. The van der Waals surface area contributed by atoms with E-state index in [1.165, 1.54) is 18.4 Å². The summed E-state index contributed by atoms with van der Waals surface area (Å²) < 4.78 is 2.56. The number of pyridine rings is 1. The Balaban J connectivity index is 2.04. The van der Waals surface area contributed by atoms with Crippen LogP contribution in [0, 0.1) is 4.77 Å². The number of hydrogen-bond acceptors (Lipinski definition) is 2. The zero-order valence-corrected chi connectivity index (χ0v) is 13.3. The summed E-state index contributed by atoms with van der Waals surface area (Å²) in [6.07, 6.45) is 5.17. The zero-order valence-electron chi connectivity index (χ0n) is 11.8. The van der Waals surface area contributed by atoms with Crippen molar-refractivity contribution in [1.29, 1.82) is 0 Å². The van der Waals surface area contributed by atoms with Gasteiger partial charge in [-0.15, -0.1) is 0 Å². The lowest BCUT2D eigenvalue weighted by atomic mass is 10.1. The largest absolute Gasteiger partial charge is 0.329 e. The molecule has 0 radical (unpaired) electrons. The molecule has 0 aliphatic heterocycles. The topological polar surface area (TPSA) is 33.6 Å². The van der Waals surface area contributed by atoms with Crippen LogP contribution in [0.3, 0.4) is 0 Å². The van der Waals surface area contributed by atoms with Gasteiger partial charge in [-0.05, 0) is 48.8 Å². The normalized spacial score (nSPS) is 11.1. The fraction of sp³-hybridized carbons (Fsp3) is 0.250. The van der Waals surface area contributed by atoms with Crippen molar-refractivity contribution in [3.8, 4) is 5.69 Å². The smallest absolute Gasteiger partial charge is 0.183 e. The molecule has 0 unspecified atom stereocenters. The summed E-state index contributed by atoms with van der Waals surface area (Å²) in [7, 11) is 0. The van der Waals surface area contributed by atoms with E-state index in [0.717, 1.165) is 23.3 Å². The number of nitrogens with zero attached hydrogens (tertiary/aromatic N) is 2. The van der Waals surface area contributed by atoms with Gasteiger partial charge in [0, 0.05) is 11.9 Å². The molecular formula is C16H16ClN3S. The van der Waals surface area contributed by atoms with E-state index in [-0.39, 0.29) is 0 Å². The third kappa shape index (κ3) is 2.87. The number of unbranched alkanes of at least 4 members (excludes halogenated alkanes) is 1. The Labute approximate surface area is 133 Å². The average Bonchev–Trinajstić information content (AvgIpc) is 2.80. The lowest BCUT2D eigenvalue weighted by Gasteiger charge is -2.06. The molecule has 0 fully saturated rings. The van der Waals surface area contributed by atoms with Crippen molar-refractivity contribution >= 4 is 35.0 Å². The first-order valence-corrected chi connectivity index (χ1v) is 7.83. The molecule has 0 atom stereocenters. The lowest BCUT2D eigenvalue weighted by molar-refractivity contribution is 0.795. The van der Waals surface area contributed by atoms with Gasteiger partial charge >= 0.3 is 0 Å². The molecule has 1 N–H and O–H groups in total. The van der Waals surface area contributed by atoms with Crippen LogP contribution in [-0.4, -0.2) is 14.5 Å². The van der Waals surface area contributed by atoms with Gasteiger partial charge in [-0.3, -0.25) is 4.57 Å². The maximum absolute atomic E-state index is 5.97. The number of imidazole rings is 1. The third-order valence-corrected chi connectivity index (χ3v) is 3.99. The highest BCUT2D eigenvalue weighted by atomic mass is 35.5. The van der Waals surface area contributed by atoms with Crippen LogP contribution < -0.4 is 0 Å². The summed E-state index contributed by atoms with van der Waals surface area (Å²) in [6, 6.07) is 10.3. The van der Waals surface area contributed by atoms with Crippen molar-refractivity contribution in [3.63, 3.8) is 0 Å².